The van der Waals surface area contributed by atoms with Crippen molar-refractivity contribution in [2.24, 2.45) is 17.3 Å². The molecular formula is C17H30N2O. The fraction of sp³-hybridized carbons (Fsp3) is 0.824. The van der Waals surface area contributed by atoms with Gasteiger partial charge in [0.15, 0.2) is 0 Å². The lowest BCUT2D eigenvalue weighted by Crippen LogP contribution is -2.34. The predicted molar refractivity (Wildman–Crippen MR) is 83.5 cm³/mol. The third-order valence-corrected chi connectivity index (χ3v) is 4.62. The highest BCUT2D eigenvalue weighted by atomic mass is 16.1. The van der Waals surface area contributed by atoms with E-state index in [1.165, 1.54) is 24.8 Å². The molecule has 2 atom stereocenters. The molecule has 0 aromatic heterocycles. The maximum Gasteiger partial charge on any atom is 0.220 e. The van der Waals surface area contributed by atoms with Crippen LogP contribution in [0.4, 0.5) is 0 Å². The molecule has 0 aromatic carbocycles. The number of nitrogens with one attached hydrogen (secondary N) is 2. The van der Waals surface area contributed by atoms with Crippen LogP contribution in [0.25, 0.3) is 0 Å². The molecule has 0 saturated heterocycles. The van der Waals surface area contributed by atoms with Crippen molar-refractivity contribution in [1.29, 1.82) is 0 Å². The van der Waals surface area contributed by atoms with Crippen LogP contribution in [-0.2, 0) is 4.79 Å². The van der Waals surface area contributed by atoms with Crippen molar-refractivity contribution in [3.05, 3.63) is 11.6 Å². The first kappa shape index (κ1) is 15.6. The standard InChI is InChI=1S/C17H30N2O/c1-13-8-15(11-17(2,3)10-13)9-16(20)19-12-14-4-6-18-7-5-14/h4,13,15,18H,5-12H2,1-3H3,(H,19,20). The van der Waals surface area contributed by atoms with Gasteiger partial charge in [-0.2, -0.15) is 0 Å². The average molecular weight is 278 g/mol. The average Bonchev–Trinajstić information content (AvgIpc) is 2.35. The summed E-state index contributed by atoms with van der Waals surface area (Å²) in [7, 11) is 0. The van der Waals surface area contributed by atoms with Gasteiger partial charge < -0.3 is 10.6 Å². The molecule has 2 unspecified atom stereocenters. The van der Waals surface area contributed by atoms with E-state index in [1.54, 1.807) is 0 Å². The molecule has 1 saturated carbocycles. The van der Waals surface area contributed by atoms with Gasteiger partial charge in [0.1, 0.15) is 0 Å². The molecule has 0 bridgehead atoms. The quantitative estimate of drug-likeness (QED) is 0.776. The summed E-state index contributed by atoms with van der Waals surface area (Å²) in [6.45, 7) is 9.73. The maximum atomic E-state index is 12.1. The number of carbonyl (C=O) groups excluding carboxylic acids is 1. The minimum Gasteiger partial charge on any atom is -0.352 e. The van der Waals surface area contributed by atoms with E-state index in [9.17, 15) is 4.79 Å². The highest BCUT2D eigenvalue weighted by molar-refractivity contribution is 5.76. The Balaban J connectivity index is 1.75. The van der Waals surface area contributed by atoms with Crippen LogP contribution in [-0.4, -0.2) is 25.5 Å². The molecule has 1 fully saturated rings. The fourth-order valence-electron chi connectivity index (χ4n) is 4.08. The summed E-state index contributed by atoms with van der Waals surface area (Å²) >= 11 is 0. The monoisotopic (exact) mass is 278 g/mol. The topological polar surface area (TPSA) is 41.1 Å². The van der Waals surface area contributed by atoms with Crippen LogP contribution in [0.2, 0.25) is 0 Å². The largest absolute Gasteiger partial charge is 0.352 e. The Morgan fingerprint density at radius 3 is 2.90 bits per heavy atom. The Bertz CT molecular complexity index is 373. The second-order valence-electron chi connectivity index (χ2n) is 7.58. The Hall–Kier alpha value is -0.830. The lowest BCUT2D eigenvalue weighted by molar-refractivity contribution is -0.122. The molecule has 0 aromatic rings. The molecular weight excluding hydrogens is 248 g/mol. The molecule has 2 aliphatic rings. The zero-order valence-corrected chi connectivity index (χ0v) is 13.3. The van der Waals surface area contributed by atoms with Gasteiger partial charge in [-0.25, -0.2) is 0 Å². The first-order valence-electron chi connectivity index (χ1n) is 8.10. The van der Waals surface area contributed by atoms with Crippen molar-refractivity contribution >= 4 is 5.91 Å². The first-order chi connectivity index (χ1) is 9.44. The minimum absolute atomic E-state index is 0.235. The second kappa shape index (κ2) is 6.75. The van der Waals surface area contributed by atoms with Gasteiger partial charge in [0, 0.05) is 19.5 Å². The molecule has 3 heteroatoms. The summed E-state index contributed by atoms with van der Waals surface area (Å²) in [5.74, 6) is 1.55. The van der Waals surface area contributed by atoms with Crippen LogP contribution in [0.3, 0.4) is 0 Å². The van der Waals surface area contributed by atoms with E-state index in [-0.39, 0.29) is 5.91 Å². The summed E-state index contributed by atoms with van der Waals surface area (Å²) in [5, 5.41) is 6.40. The predicted octanol–water partition coefficient (Wildman–Crippen LogP) is 2.87. The van der Waals surface area contributed by atoms with Crippen molar-refractivity contribution in [3.63, 3.8) is 0 Å². The Kier molecular flexibility index (Phi) is 5.25. The van der Waals surface area contributed by atoms with E-state index in [0.717, 1.165) is 32.0 Å². The zero-order valence-electron chi connectivity index (χ0n) is 13.3. The second-order valence-corrected chi connectivity index (χ2v) is 7.58. The van der Waals surface area contributed by atoms with Gasteiger partial charge in [0.05, 0.1) is 0 Å². The van der Waals surface area contributed by atoms with Gasteiger partial charge in [-0.1, -0.05) is 32.4 Å². The Morgan fingerprint density at radius 2 is 2.25 bits per heavy atom. The van der Waals surface area contributed by atoms with Crippen LogP contribution >= 0.6 is 0 Å². The van der Waals surface area contributed by atoms with Crippen LogP contribution in [0.5, 0.6) is 0 Å². The summed E-state index contributed by atoms with van der Waals surface area (Å²) in [5.41, 5.74) is 1.77. The molecule has 20 heavy (non-hydrogen) atoms. The smallest absolute Gasteiger partial charge is 0.220 e. The molecule has 1 aliphatic heterocycles. The Morgan fingerprint density at radius 1 is 1.45 bits per heavy atom. The lowest BCUT2D eigenvalue weighted by Gasteiger charge is -2.38. The zero-order chi connectivity index (χ0) is 14.6. The van der Waals surface area contributed by atoms with Crippen molar-refractivity contribution in [2.45, 2.75) is 52.9 Å². The lowest BCUT2D eigenvalue weighted by atomic mass is 9.67. The van der Waals surface area contributed by atoms with Crippen molar-refractivity contribution in [2.75, 3.05) is 19.6 Å². The maximum absolute atomic E-state index is 12.1. The first-order valence-corrected chi connectivity index (χ1v) is 8.10. The molecule has 3 nitrogen and oxygen atoms in total. The molecule has 0 radical (unpaired) electrons. The molecule has 1 aliphatic carbocycles. The van der Waals surface area contributed by atoms with Gasteiger partial charge in [0.2, 0.25) is 5.91 Å². The SMILES string of the molecule is CC1CC(CC(=O)NCC2=CCNCC2)CC(C)(C)C1. The Labute approximate surface area is 123 Å². The highest BCUT2D eigenvalue weighted by Gasteiger charge is 2.32. The van der Waals surface area contributed by atoms with Crippen LogP contribution in [0.1, 0.15) is 52.9 Å². The molecule has 2 N–H and O–H groups in total. The number of rotatable bonds is 4. The number of hydrogen-bond donors (Lipinski definition) is 2. The highest BCUT2D eigenvalue weighted by Crippen LogP contribution is 2.42. The number of carbonyl (C=O) groups is 1. The summed E-state index contributed by atoms with van der Waals surface area (Å²) in [4.78, 5) is 12.1. The van der Waals surface area contributed by atoms with E-state index < -0.39 is 0 Å². The molecule has 1 amide bonds. The molecule has 1 heterocycles. The van der Waals surface area contributed by atoms with Gasteiger partial charge in [-0.3, -0.25) is 4.79 Å². The summed E-state index contributed by atoms with van der Waals surface area (Å²) in [6.07, 6.45) is 7.68. The number of hydrogen-bond acceptors (Lipinski definition) is 2. The van der Waals surface area contributed by atoms with Gasteiger partial charge in [-0.15, -0.1) is 0 Å². The van der Waals surface area contributed by atoms with Crippen LogP contribution in [0, 0.1) is 17.3 Å². The van der Waals surface area contributed by atoms with E-state index in [2.05, 4.69) is 37.5 Å². The molecule has 114 valence electrons. The van der Waals surface area contributed by atoms with E-state index in [4.69, 9.17) is 0 Å². The third kappa shape index (κ3) is 4.93. The van der Waals surface area contributed by atoms with Crippen molar-refractivity contribution in [1.82, 2.24) is 10.6 Å². The summed E-state index contributed by atoms with van der Waals surface area (Å²) < 4.78 is 0. The molecule has 2 rings (SSSR count). The van der Waals surface area contributed by atoms with E-state index in [0.29, 0.717) is 17.8 Å². The van der Waals surface area contributed by atoms with Crippen molar-refractivity contribution in [3.8, 4) is 0 Å². The fourth-order valence-corrected chi connectivity index (χ4v) is 4.08. The van der Waals surface area contributed by atoms with E-state index in [1.807, 2.05) is 0 Å². The third-order valence-electron chi connectivity index (χ3n) is 4.62. The van der Waals surface area contributed by atoms with Crippen molar-refractivity contribution < 1.29 is 4.79 Å². The molecule has 0 spiro atoms. The van der Waals surface area contributed by atoms with Gasteiger partial charge in [0.25, 0.3) is 0 Å². The van der Waals surface area contributed by atoms with Crippen LogP contribution in [0.15, 0.2) is 11.6 Å². The number of amides is 1. The van der Waals surface area contributed by atoms with E-state index >= 15 is 0 Å². The summed E-state index contributed by atoms with van der Waals surface area (Å²) in [6, 6.07) is 0. The van der Waals surface area contributed by atoms with Crippen LogP contribution < -0.4 is 10.6 Å². The normalized spacial score (nSPS) is 29.6. The van der Waals surface area contributed by atoms with Gasteiger partial charge in [-0.05, 0) is 49.5 Å². The van der Waals surface area contributed by atoms with Gasteiger partial charge >= 0.3 is 0 Å². The minimum atomic E-state index is 0.235.